The lowest BCUT2D eigenvalue weighted by Gasteiger charge is -2.05. The molecule has 2 aromatic rings. The van der Waals surface area contributed by atoms with Gasteiger partial charge < -0.3 is 15.4 Å². The highest BCUT2D eigenvalue weighted by molar-refractivity contribution is 5.90. The summed E-state index contributed by atoms with van der Waals surface area (Å²) in [5, 5.41) is 15.7. The van der Waals surface area contributed by atoms with Gasteiger partial charge in [0, 0.05) is 29.6 Å². The van der Waals surface area contributed by atoms with Gasteiger partial charge >= 0.3 is 6.03 Å². The summed E-state index contributed by atoms with van der Waals surface area (Å²) in [6, 6.07) is 12.5. The molecule has 0 unspecified atom stereocenters. The number of methoxy groups -OCH3 is 1. The first kappa shape index (κ1) is 16.0. The summed E-state index contributed by atoms with van der Waals surface area (Å²) in [4.78, 5) is 21.9. The average molecular weight is 313 g/mol. The van der Waals surface area contributed by atoms with Gasteiger partial charge in [-0.15, -0.1) is 0 Å². The van der Waals surface area contributed by atoms with Crippen molar-refractivity contribution in [1.29, 1.82) is 0 Å². The summed E-state index contributed by atoms with van der Waals surface area (Å²) >= 11 is 0. The molecule has 0 fully saturated rings. The Morgan fingerprint density at radius 3 is 2.74 bits per heavy atom. The largest absolute Gasteiger partial charge is 0.496 e. The normalized spacial score (nSPS) is 10.3. The van der Waals surface area contributed by atoms with Gasteiger partial charge in [0.2, 0.25) is 0 Å². The van der Waals surface area contributed by atoms with E-state index in [9.17, 15) is 14.9 Å². The molecule has 2 aromatic carbocycles. The lowest BCUT2D eigenvalue weighted by Crippen LogP contribution is -2.23. The van der Waals surface area contributed by atoms with Gasteiger partial charge in [-0.25, -0.2) is 4.79 Å². The van der Waals surface area contributed by atoms with Crippen molar-refractivity contribution in [2.75, 3.05) is 12.4 Å². The van der Waals surface area contributed by atoms with Crippen molar-refractivity contribution in [3.63, 3.8) is 0 Å². The highest BCUT2D eigenvalue weighted by atomic mass is 16.6. The first-order valence-corrected chi connectivity index (χ1v) is 6.71. The Kier molecular flexibility index (Phi) is 5.30. The summed E-state index contributed by atoms with van der Waals surface area (Å²) in [6.45, 7) is 0. The number of non-ortho nitro benzene ring substituents is 1. The van der Waals surface area contributed by atoms with Crippen LogP contribution in [0.1, 0.15) is 5.56 Å². The quantitative estimate of drug-likeness (QED) is 0.653. The number of hydrogen-bond acceptors (Lipinski definition) is 4. The Labute approximate surface area is 132 Å². The molecule has 7 nitrogen and oxygen atoms in total. The number of rotatable bonds is 5. The van der Waals surface area contributed by atoms with E-state index >= 15 is 0 Å². The van der Waals surface area contributed by atoms with Crippen molar-refractivity contribution in [2.45, 2.75) is 0 Å². The van der Waals surface area contributed by atoms with Crippen LogP contribution < -0.4 is 15.4 Å². The Morgan fingerprint density at radius 2 is 2.00 bits per heavy atom. The predicted octanol–water partition coefficient (Wildman–Crippen LogP) is 3.40. The molecule has 2 rings (SSSR count). The Hall–Kier alpha value is -3.35. The van der Waals surface area contributed by atoms with Crippen molar-refractivity contribution >= 4 is 23.5 Å². The molecule has 118 valence electrons. The summed E-state index contributed by atoms with van der Waals surface area (Å²) < 4.78 is 5.19. The maximum atomic E-state index is 11.8. The van der Waals surface area contributed by atoms with E-state index in [1.54, 1.807) is 19.3 Å². The van der Waals surface area contributed by atoms with Crippen molar-refractivity contribution < 1.29 is 14.5 Å². The van der Waals surface area contributed by atoms with E-state index in [1.165, 1.54) is 24.4 Å². The van der Waals surface area contributed by atoms with E-state index in [0.29, 0.717) is 11.4 Å². The Morgan fingerprint density at radius 1 is 1.22 bits per heavy atom. The zero-order valence-electron chi connectivity index (χ0n) is 12.4. The third kappa shape index (κ3) is 4.57. The molecule has 0 radical (unpaired) electrons. The molecule has 0 saturated heterocycles. The number of benzene rings is 2. The van der Waals surface area contributed by atoms with Crippen molar-refractivity contribution in [3.8, 4) is 5.75 Å². The van der Waals surface area contributed by atoms with Crippen molar-refractivity contribution in [3.05, 3.63) is 70.4 Å². The van der Waals surface area contributed by atoms with Gasteiger partial charge in [0.05, 0.1) is 12.0 Å². The zero-order chi connectivity index (χ0) is 16.7. The summed E-state index contributed by atoms with van der Waals surface area (Å²) in [5.41, 5.74) is 1.06. The fourth-order valence-electron chi connectivity index (χ4n) is 1.88. The SMILES string of the molecule is COc1ccccc1/C=C/NC(=O)Nc1cccc([N+](=O)[O-])c1. The average Bonchev–Trinajstić information content (AvgIpc) is 2.55. The number of amides is 2. The van der Waals surface area contributed by atoms with E-state index in [1.807, 2.05) is 24.3 Å². The number of nitro groups is 1. The lowest BCUT2D eigenvalue weighted by molar-refractivity contribution is -0.384. The van der Waals surface area contributed by atoms with Gasteiger partial charge in [-0.1, -0.05) is 24.3 Å². The minimum absolute atomic E-state index is 0.0904. The summed E-state index contributed by atoms with van der Waals surface area (Å²) in [6.07, 6.45) is 3.15. The number of nitro benzene ring substituents is 1. The third-order valence-electron chi connectivity index (χ3n) is 2.93. The number of anilines is 1. The maximum Gasteiger partial charge on any atom is 0.323 e. The Bertz CT molecular complexity index is 744. The minimum atomic E-state index is -0.523. The van der Waals surface area contributed by atoms with E-state index in [2.05, 4.69) is 10.6 Å². The van der Waals surface area contributed by atoms with Crippen LogP contribution in [-0.2, 0) is 0 Å². The van der Waals surface area contributed by atoms with Crippen LogP contribution >= 0.6 is 0 Å². The molecular formula is C16H15N3O4. The molecule has 0 bridgehead atoms. The van der Waals surface area contributed by atoms with E-state index < -0.39 is 11.0 Å². The summed E-state index contributed by atoms with van der Waals surface area (Å²) in [7, 11) is 1.56. The molecule has 2 N–H and O–H groups in total. The number of carbonyl (C=O) groups is 1. The van der Waals surface area contributed by atoms with Gasteiger partial charge in [0.15, 0.2) is 0 Å². The zero-order valence-corrected chi connectivity index (χ0v) is 12.4. The molecule has 0 aromatic heterocycles. The number of urea groups is 1. The van der Waals surface area contributed by atoms with Gasteiger partial charge in [-0.05, 0) is 18.2 Å². The fourth-order valence-corrected chi connectivity index (χ4v) is 1.88. The molecule has 0 aliphatic carbocycles. The molecule has 23 heavy (non-hydrogen) atoms. The molecule has 0 atom stereocenters. The smallest absolute Gasteiger partial charge is 0.323 e. The highest BCUT2D eigenvalue weighted by Gasteiger charge is 2.07. The topological polar surface area (TPSA) is 93.5 Å². The molecule has 0 spiro atoms. The van der Waals surface area contributed by atoms with Crippen LogP contribution in [0, 0.1) is 10.1 Å². The van der Waals surface area contributed by atoms with E-state index in [0.717, 1.165) is 5.56 Å². The molecular weight excluding hydrogens is 298 g/mol. The number of nitrogens with one attached hydrogen (secondary N) is 2. The van der Waals surface area contributed by atoms with Crippen LogP contribution in [0.3, 0.4) is 0 Å². The van der Waals surface area contributed by atoms with Gasteiger partial charge in [0.25, 0.3) is 5.69 Å². The number of carbonyl (C=O) groups excluding carboxylic acids is 1. The first-order chi connectivity index (χ1) is 11.1. The molecule has 0 heterocycles. The first-order valence-electron chi connectivity index (χ1n) is 6.71. The second-order valence-corrected chi connectivity index (χ2v) is 4.48. The third-order valence-corrected chi connectivity index (χ3v) is 2.93. The van der Waals surface area contributed by atoms with E-state index in [-0.39, 0.29) is 5.69 Å². The molecule has 0 aliphatic heterocycles. The van der Waals surface area contributed by atoms with E-state index in [4.69, 9.17) is 4.74 Å². The predicted molar refractivity (Wildman–Crippen MR) is 87.3 cm³/mol. The number of ether oxygens (including phenoxy) is 1. The molecule has 2 amide bonds. The molecule has 0 aliphatic rings. The van der Waals surface area contributed by atoms with Crippen LogP contribution in [0.4, 0.5) is 16.2 Å². The second kappa shape index (κ2) is 7.60. The maximum absolute atomic E-state index is 11.8. The van der Waals surface area contributed by atoms with Crippen LogP contribution in [0.5, 0.6) is 5.75 Å². The molecule has 7 heteroatoms. The van der Waals surface area contributed by atoms with Crippen LogP contribution in [-0.4, -0.2) is 18.1 Å². The number of para-hydroxylation sites is 1. The Balaban J connectivity index is 1.96. The second-order valence-electron chi connectivity index (χ2n) is 4.48. The van der Waals surface area contributed by atoms with Gasteiger partial charge in [-0.3, -0.25) is 10.1 Å². The van der Waals surface area contributed by atoms with Gasteiger partial charge in [-0.2, -0.15) is 0 Å². The van der Waals surface area contributed by atoms with Crippen molar-refractivity contribution in [2.24, 2.45) is 0 Å². The highest BCUT2D eigenvalue weighted by Crippen LogP contribution is 2.18. The summed E-state index contributed by atoms with van der Waals surface area (Å²) in [5.74, 6) is 0.685. The monoisotopic (exact) mass is 313 g/mol. The van der Waals surface area contributed by atoms with Crippen LogP contribution in [0.2, 0.25) is 0 Å². The number of nitrogens with zero attached hydrogens (tertiary/aromatic N) is 1. The minimum Gasteiger partial charge on any atom is -0.496 e. The van der Waals surface area contributed by atoms with Crippen LogP contribution in [0.15, 0.2) is 54.7 Å². The lowest BCUT2D eigenvalue weighted by atomic mass is 10.2. The van der Waals surface area contributed by atoms with Gasteiger partial charge in [0.1, 0.15) is 5.75 Å². The number of hydrogen-bond donors (Lipinski definition) is 2. The molecule has 0 saturated carbocycles. The van der Waals surface area contributed by atoms with Crippen molar-refractivity contribution in [1.82, 2.24) is 5.32 Å². The standard InChI is InChI=1S/C16H15N3O4/c1-23-15-8-3-2-5-12(15)9-10-17-16(20)18-13-6-4-7-14(11-13)19(21)22/h2-11H,1H3,(H2,17,18,20)/b10-9+. The van der Waals surface area contributed by atoms with Crippen LogP contribution in [0.25, 0.3) is 6.08 Å². The fraction of sp³-hybridized carbons (Fsp3) is 0.0625.